The number of carbonyl (C=O) groups excluding carboxylic acids is 1. The maximum absolute atomic E-state index is 12.6. The van der Waals surface area contributed by atoms with Crippen molar-refractivity contribution in [1.82, 2.24) is 9.62 Å². The van der Waals surface area contributed by atoms with Crippen molar-refractivity contribution in [2.75, 3.05) is 12.8 Å². The summed E-state index contributed by atoms with van der Waals surface area (Å²) in [5, 5.41) is 2.95. The number of sulfonamides is 1. The third kappa shape index (κ3) is 4.14. The third-order valence-corrected chi connectivity index (χ3v) is 6.10. The summed E-state index contributed by atoms with van der Waals surface area (Å²) in [4.78, 5) is 12.6. The molecule has 2 aromatic carbocycles. The Labute approximate surface area is 155 Å². The topological polar surface area (TPSA) is 66.5 Å². The Morgan fingerprint density at radius 3 is 2.31 bits per heavy atom. The highest BCUT2D eigenvalue weighted by Gasteiger charge is 2.36. The van der Waals surface area contributed by atoms with Gasteiger partial charge < -0.3 is 5.32 Å². The molecule has 1 aliphatic rings. The molecule has 0 spiro atoms. The van der Waals surface area contributed by atoms with E-state index in [1.54, 1.807) is 0 Å². The van der Waals surface area contributed by atoms with Crippen LogP contribution in [0.3, 0.4) is 0 Å². The largest absolute Gasteiger partial charge is 0.348 e. The molecule has 0 aromatic heterocycles. The van der Waals surface area contributed by atoms with Gasteiger partial charge in [-0.15, -0.1) is 0 Å². The molecule has 5 nitrogen and oxygen atoms in total. The van der Waals surface area contributed by atoms with Crippen molar-refractivity contribution in [2.24, 2.45) is 0 Å². The molecule has 1 N–H and O–H groups in total. The molecule has 1 aliphatic heterocycles. The van der Waals surface area contributed by atoms with Gasteiger partial charge in [-0.1, -0.05) is 54.6 Å². The summed E-state index contributed by atoms with van der Waals surface area (Å²) in [6.45, 7) is 2.33. The fourth-order valence-electron chi connectivity index (χ4n) is 3.39. The molecule has 6 heteroatoms. The number of nitrogens with one attached hydrogen (secondary N) is 1. The summed E-state index contributed by atoms with van der Waals surface area (Å²) in [7, 11) is -3.36. The first-order valence-corrected chi connectivity index (χ1v) is 10.6. The van der Waals surface area contributed by atoms with E-state index in [9.17, 15) is 13.2 Å². The van der Waals surface area contributed by atoms with Gasteiger partial charge in [-0.05, 0) is 36.5 Å². The van der Waals surface area contributed by atoms with Crippen LogP contribution in [-0.2, 0) is 14.8 Å². The van der Waals surface area contributed by atoms with Gasteiger partial charge in [0.1, 0.15) is 6.04 Å². The summed E-state index contributed by atoms with van der Waals surface area (Å²) in [5.74, 6) is -0.229. The van der Waals surface area contributed by atoms with Crippen molar-refractivity contribution in [3.8, 4) is 11.1 Å². The van der Waals surface area contributed by atoms with Crippen LogP contribution in [0.5, 0.6) is 0 Å². The molecule has 1 fully saturated rings. The Bertz CT molecular complexity index is 864. The second-order valence-corrected chi connectivity index (χ2v) is 8.69. The Hall–Kier alpha value is -2.18. The highest BCUT2D eigenvalue weighted by Crippen LogP contribution is 2.24. The van der Waals surface area contributed by atoms with Crippen molar-refractivity contribution >= 4 is 15.9 Å². The van der Waals surface area contributed by atoms with E-state index in [0.29, 0.717) is 19.4 Å². The van der Waals surface area contributed by atoms with Crippen LogP contribution in [0.1, 0.15) is 31.4 Å². The summed E-state index contributed by atoms with van der Waals surface area (Å²) in [6, 6.07) is 17.4. The van der Waals surface area contributed by atoms with Gasteiger partial charge >= 0.3 is 0 Å². The van der Waals surface area contributed by atoms with Crippen LogP contribution in [0.15, 0.2) is 54.6 Å². The molecule has 0 unspecified atom stereocenters. The average molecular weight is 372 g/mol. The highest BCUT2D eigenvalue weighted by molar-refractivity contribution is 7.88. The van der Waals surface area contributed by atoms with Gasteiger partial charge in [-0.2, -0.15) is 4.31 Å². The lowest BCUT2D eigenvalue weighted by Gasteiger charge is -2.23. The van der Waals surface area contributed by atoms with E-state index < -0.39 is 16.1 Å². The van der Waals surface area contributed by atoms with E-state index in [2.05, 4.69) is 17.4 Å². The highest BCUT2D eigenvalue weighted by atomic mass is 32.2. The zero-order valence-electron chi connectivity index (χ0n) is 15.1. The second-order valence-electron chi connectivity index (χ2n) is 6.75. The smallest absolute Gasteiger partial charge is 0.238 e. The lowest BCUT2D eigenvalue weighted by molar-refractivity contribution is -0.124. The summed E-state index contributed by atoms with van der Waals surface area (Å²) < 4.78 is 24.9. The molecular weight excluding hydrogens is 348 g/mol. The second kappa shape index (κ2) is 7.60. The lowest BCUT2D eigenvalue weighted by atomic mass is 10.0. The fourth-order valence-corrected chi connectivity index (χ4v) is 4.51. The first-order valence-electron chi connectivity index (χ1n) is 8.79. The zero-order valence-corrected chi connectivity index (χ0v) is 15.9. The first kappa shape index (κ1) is 18.6. The minimum Gasteiger partial charge on any atom is -0.348 e. The number of rotatable bonds is 5. The van der Waals surface area contributed by atoms with Crippen LogP contribution in [0.2, 0.25) is 0 Å². The maximum atomic E-state index is 12.6. The predicted molar refractivity (Wildman–Crippen MR) is 103 cm³/mol. The van der Waals surface area contributed by atoms with Crippen LogP contribution in [0, 0.1) is 0 Å². The van der Waals surface area contributed by atoms with Crippen molar-refractivity contribution < 1.29 is 13.2 Å². The number of nitrogens with zero attached hydrogens (tertiary/aromatic N) is 1. The molecule has 1 amide bonds. The number of benzene rings is 2. The van der Waals surface area contributed by atoms with Gasteiger partial charge in [0.2, 0.25) is 15.9 Å². The molecule has 1 saturated heterocycles. The Morgan fingerprint density at radius 2 is 1.69 bits per heavy atom. The number of amides is 1. The van der Waals surface area contributed by atoms with E-state index >= 15 is 0 Å². The Morgan fingerprint density at radius 1 is 1.08 bits per heavy atom. The summed E-state index contributed by atoms with van der Waals surface area (Å²) in [5.41, 5.74) is 3.25. The fraction of sp³-hybridized carbons (Fsp3) is 0.350. The third-order valence-electron chi connectivity index (χ3n) is 4.81. The molecule has 2 aromatic rings. The molecule has 2 atom stereocenters. The Balaban J connectivity index is 1.68. The van der Waals surface area contributed by atoms with Gasteiger partial charge in [0.25, 0.3) is 0 Å². The monoisotopic (exact) mass is 372 g/mol. The molecule has 0 bridgehead atoms. The van der Waals surface area contributed by atoms with Crippen LogP contribution >= 0.6 is 0 Å². The normalized spacial score (nSPS) is 19.2. The average Bonchev–Trinajstić information content (AvgIpc) is 3.13. The molecule has 1 heterocycles. The first-order chi connectivity index (χ1) is 12.4. The minimum absolute atomic E-state index is 0.186. The van der Waals surface area contributed by atoms with Crippen molar-refractivity contribution in [2.45, 2.75) is 31.8 Å². The molecule has 26 heavy (non-hydrogen) atoms. The van der Waals surface area contributed by atoms with Gasteiger partial charge in [0, 0.05) is 6.54 Å². The lowest BCUT2D eigenvalue weighted by Crippen LogP contribution is -2.46. The van der Waals surface area contributed by atoms with E-state index in [4.69, 9.17) is 0 Å². The predicted octanol–water partition coefficient (Wildman–Crippen LogP) is 2.95. The van der Waals surface area contributed by atoms with Gasteiger partial charge in [-0.25, -0.2) is 8.42 Å². The van der Waals surface area contributed by atoms with Crippen LogP contribution in [-0.4, -0.2) is 37.5 Å². The zero-order chi connectivity index (χ0) is 18.7. The van der Waals surface area contributed by atoms with Gasteiger partial charge in [0.15, 0.2) is 0 Å². The van der Waals surface area contributed by atoms with E-state index in [1.807, 2.05) is 49.4 Å². The molecule has 3 rings (SSSR count). The minimum atomic E-state index is -3.36. The summed E-state index contributed by atoms with van der Waals surface area (Å²) in [6.07, 6.45) is 2.44. The van der Waals surface area contributed by atoms with Crippen molar-refractivity contribution in [3.63, 3.8) is 0 Å². The number of hydrogen-bond donors (Lipinski definition) is 1. The van der Waals surface area contributed by atoms with Gasteiger partial charge in [0.05, 0.1) is 12.3 Å². The molecule has 138 valence electrons. The van der Waals surface area contributed by atoms with E-state index in [0.717, 1.165) is 22.9 Å². The van der Waals surface area contributed by atoms with Crippen molar-refractivity contribution in [1.29, 1.82) is 0 Å². The molecule has 0 saturated carbocycles. The van der Waals surface area contributed by atoms with Gasteiger partial charge in [-0.3, -0.25) is 4.79 Å². The quantitative estimate of drug-likeness (QED) is 0.877. The van der Waals surface area contributed by atoms with E-state index in [-0.39, 0.29) is 11.9 Å². The van der Waals surface area contributed by atoms with Crippen LogP contribution < -0.4 is 5.32 Å². The Kier molecular flexibility index (Phi) is 5.44. The maximum Gasteiger partial charge on any atom is 0.238 e. The van der Waals surface area contributed by atoms with Crippen LogP contribution in [0.4, 0.5) is 0 Å². The van der Waals surface area contributed by atoms with Crippen LogP contribution in [0.25, 0.3) is 11.1 Å². The molecule has 0 aliphatic carbocycles. The molecule has 0 radical (unpaired) electrons. The molecular formula is C20H24N2O3S. The SMILES string of the molecule is C[C@H](NC(=O)[C@H]1CCCN1S(C)(=O)=O)c1ccc(-c2ccccc2)cc1. The number of hydrogen-bond acceptors (Lipinski definition) is 3. The summed E-state index contributed by atoms with van der Waals surface area (Å²) >= 11 is 0. The number of carbonyl (C=O) groups is 1. The standard InChI is InChI=1S/C20H24N2O3S/c1-15(21-20(23)19-9-6-14-22(19)26(2,24)25)16-10-12-18(13-11-16)17-7-4-3-5-8-17/h3-5,7-8,10-13,15,19H,6,9,14H2,1-2H3,(H,21,23)/t15-,19+/m0/s1. The van der Waals surface area contributed by atoms with Crippen molar-refractivity contribution in [3.05, 3.63) is 60.2 Å². The van der Waals surface area contributed by atoms with E-state index in [1.165, 1.54) is 4.31 Å².